The lowest BCUT2D eigenvalue weighted by molar-refractivity contribution is 0.102. The van der Waals surface area contributed by atoms with Gasteiger partial charge in [-0.15, -0.1) is 0 Å². The predicted octanol–water partition coefficient (Wildman–Crippen LogP) is 4.45. The highest BCUT2D eigenvalue weighted by Crippen LogP contribution is 2.20. The fourth-order valence-electron chi connectivity index (χ4n) is 1.98. The Balaban J connectivity index is 2.22. The average Bonchev–Trinajstić information content (AvgIpc) is 2.51. The Morgan fingerprint density at radius 2 is 1.64 bits per heavy atom. The van der Waals surface area contributed by atoms with Crippen LogP contribution >= 0.6 is 0 Å². The Labute approximate surface area is 124 Å². The van der Waals surface area contributed by atoms with Gasteiger partial charge >= 0.3 is 0 Å². The van der Waals surface area contributed by atoms with Crippen LogP contribution in [0.4, 0.5) is 23.2 Å². The maximum atomic E-state index is 13.5. The molecule has 0 aromatic heterocycles. The van der Waals surface area contributed by atoms with Crippen LogP contribution in [0.1, 0.15) is 29.3 Å². The van der Waals surface area contributed by atoms with Gasteiger partial charge in [-0.25, -0.2) is 17.6 Å². The minimum absolute atomic E-state index is 0.328. The number of aryl methyl sites for hydroxylation is 1. The van der Waals surface area contributed by atoms with E-state index in [4.69, 9.17) is 0 Å². The highest BCUT2D eigenvalue weighted by Gasteiger charge is 2.23. The van der Waals surface area contributed by atoms with Gasteiger partial charge in [0.15, 0.2) is 23.3 Å². The lowest BCUT2D eigenvalue weighted by Crippen LogP contribution is -2.16. The summed E-state index contributed by atoms with van der Waals surface area (Å²) in [6, 6.07) is 7.07. The minimum atomic E-state index is -2.01. The van der Waals surface area contributed by atoms with Gasteiger partial charge in [0, 0.05) is 5.69 Å². The summed E-state index contributed by atoms with van der Waals surface area (Å²) in [6.07, 6.45) is 1.84. The molecule has 0 bridgehead atoms. The number of carbonyl (C=O) groups excluding carboxylic acids is 1. The first-order valence-corrected chi connectivity index (χ1v) is 6.67. The van der Waals surface area contributed by atoms with Crippen LogP contribution in [0.25, 0.3) is 0 Å². The zero-order chi connectivity index (χ0) is 16.3. The van der Waals surface area contributed by atoms with Crippen molar-refractivity contribution >= 4 is 11.6 Å². The van der Waals surface area contributed by atoms with Gasteiger partial charge in [0.1, 0.15) is 0 Å². The van der Waals surface area contributed by atoms with E-state index in [1.54, 1.807) is 24.3 Å². The van der Waals surface area contributed by atoms with Crippen LogP contribution in [-0.4, -0.2) is 5.91 Å². The Hall–Kier alpha value is -2.37. The highest BCUT2D eigenvalue weighted by atomic mass is 19.2. The van der Waals surface area contributed by atoms with Crippen LogP contribution in [0.5, 0.6) is 0 Å². The molecule has 0 fully saturated rings. The van der Waals surface area contributed by atoms with Crippen LogP contribution in [0.3, 0.4) is 0 Å². The second kappa shape index (κ2) is 6.60. The predicted molar refractivity (Wildman–Crippen MR) is 74.7 cm³/mol. The Morgan fingerprint density at radius 3 is 2.23 bits per heavy atom. The van der Waals surface area contributed by atoms with Gasteiger partial charge < -0.3 is 5.32 Å². The molecule has 2 rings (SSSR count). The van der Waals surface area contributed by atoms with Crippen molar-refractivity contribution in [2.24, 2.45) is 0 Å². The number of hydrogen-bond acceptors (Lipinski definition) is 1. The summed E-state index contributed by atoms with van der Waals surface area (Å²) in [5.74, 6) is -8.36. The number of halogens is 4. The molecule has 0 aliphatic carbocycles. The van der Waals surface area contributed by atoms with Crippen LogP contribution in [-0.2, 0) is 6.42 Å². The Morgan fingerprint density at radius 1 is 1.00 bits per heavy atom. The lowest BCUT2D eigenvalue weighted by Gasteiger charge is -2.08. The van der Waals surface area contributed by atoms with Crippen molar-refractivity contribution < 1.29 is 22.4 Å². The van der Waals surface area contributed by atoms with Gasteiger partial charge in [-0.2, -0.15) is 0 Å². The molecule has 0 aliphatic heterocycles. The average molecular weight is 311 g/mol. The number of carbonyl (C=O) groups is 1. The van der Waals surface area contributed by atoms with Crippen LogP contribution < -0.4 is 5.32 Å². The lowest BCUT2D eigenvalue weighted by atomic mass is 10.1. The third-order valence-electron chi connectivity index (χ3n) is 3.10. The normalized spacial score (nSPS) is 10.6. The smallest absolute Gasteiger partial charge is 0.258 e. The summed E-state index contributed by atoms with van der Waals surface area (Å²) in [7, 11) is 0. The van der Waals surface area contributed by atoms with E-state index in [0.29, 0.717) is 11.8 Å². The molecule has 0 radical (unpaired) electrons. The number of amides is 1. The van der Waals surface area contributed by atoms with Gasteiger partial charge in [-0.05, 0) is 30.2 Å². The van der Waals surface area contributed by atoms with Gasteiger partial charge in [-0.1, -0.05) is 25.5 Å². The molecule has 0 aliphatic rings. The molecule has 2 aromatic carbocycles. The van der Waals surface area contributed by atoms with Crippen LogP contribution in [0.15, 0.2) is 30.3 Å². The Bertz CT molecular complexity index is 698. The minimum Gasteiger partial charge on any atom is -0.322 e. The first-order chi connectivity index (χ1) is 10.4. The SMILES string of the molecule is CCCc1ccc(NC(=O)c2cc(F)c(F)c(F)c2F)cc1. The van der Waals surface area contributed by atoms with E-state index in [1.807, 2.05) is 6.92 Å². The first kappa shape index (κ1) is 16.0. The van der Waals surface area contributed by atoms with Crippen LogP contribution in [0, 0.1) is 23.3 Å². The molecule has 6 heteroatoms. The van der Waals surface area contributed by atoms with Crippen LogP contribution in [0.2, 0.25) is 0 Å². The quantitative estimate of drug-likeness (QED) is 0.504. The molecule has 116 valence electrons. The van der Waals surface area contributed by atoms with Crippen molar-refractivity contribution in [2.75, 3.05) is 5.32 Å². The topological polar surface area (TPSA) is 29.1 Å². The fourth-order valence-corrected chi connectivity index (χ4v) is 1.98. The van der Waals surface area contributed by atoms with Crippen molar-refractivity contribution in [3.63, 3.8) is 0 Å². The molecule has 1 amide bonds. The maximum Gasteiger partial charge on any atom is 0.258 e. The number of nitrogens with one attached hydrogen (secondary N) is 1. The third-order valence-corrected chi connectivity index (χ3v) is 3.10. The summed E-state index contributed by atoms with van der Waals surface area (Å²) in [4.78, 5) is 11.9. The van der Waals surface area contributed by atoms with Crippen molar-refractivity contribution in [1.29, 1.82) is 0 Å². The monoisotopic (exact) mass is 311 g/mol. The molecular weight excluding hydrogens is 298 g/mol. The van der Waals surface area contributed by atoms with Gasteiger partial charge in [0.05, 0.1) is 5.56 Å². The number of anilines is 1. The van der Waals surface area contributed by atoms with Crippen molar-refractivity contribution in [2.45, 2.75) is 19.8 Å². The van der Waals surface area contributed by atoms with E-state index >= 15 is 0 Å². The van der Waals surface area contributed by atoms with E-state index in [-0.39, 0.29) is 0 Å². The standard InChI is InChI=1S/C16H13F4NO/c1-2-3-9-4-6-10(7-5-9)21-16(22)11-8-12(17)14(19)15(20)13(11)18/h4-8H,2-3H2,1H3,(H,21,22). The van der Waals surface area contributed by atoms with Gasteiger partial charge in [0.25, 0.3) is 5.91 Å². The fraction of sp³-hybridized carbons (Fsp3) is 0.188. The second-order valence-electron chi connectivity index (χ2n) is 4.75. The summed E-state index contributed by atoms with van der Waals surface area (Å²) >= 11 is 0. The second-order valence-corrected chi connectivity index (χ2v) is 4.75. The number of benzene rings is 2. The zero-order valence-corrected chi connectivity index (χ0v) is 11.7. The van der Waals surface area contributed by atoms with Crippen molar-refractivity contribution in [3.8, 4) is 0 Å². The summed E-state index contributed by atoms with van der Waals surface area (Å²) < 4.78 is 52.6. The highest BCUT2D eigenvalue weighted by molar-refractivity contribution is 6.04. The molecule has 2 aromatic rings. The molecule has 0 saturated carbocycles. The number of hydrogen-bond donors (Lipinski definition) is 1. The molecule has 0 atom stereocenters. The summed E-state index contributed by atoms with van der Waals surface area (Å²) in [5.41, 5.74) is 0.508. The van der Waals surface area contributed by atoms with Gasteiger partial charge in [0.2, 0.25) is 0 Å². The van der Waals surface area contributed by atoms with E-state index < -0.39 is 34.7 Å². The summed E-state index contributed by atoms with van der Waals surface area (Å²) in [5, 5.41) is 2.31. The molecule has 0 unspecified atom stereocenters. The van der Waals surface area contributed by atoms with E-state index in [0.717, 1.165) is 18.4 Å². The van der Waals surface area contributed by atoms with Crippen molar-refractivity contribution in [1.82, 2.24) is 0 Å². The van der Waals surface area contributed by atoms with Crippen molar-refractivity contribution in [3.05, 3.63) is 64.7 Å². The van der Waals surface area contributed by atoms with E-state index in [9.17, 15) is 22.4 Å². The molecule has 0 heterocycles. The van der Waals surface area contributed by atoms with Gasteiger partial charge in [-0.3, -0.25) is 4.79 Å². The first-order valence-electron chi connectivity index (χ1n) is 6.67. The number of rotatable bonds is 4. The molecule has 0 saturated heterocycles. The molecule has 0 spiro atoms. The Kier molecular flexibility index (Phi) is 4.80. The molecule has 2 nitrogen and oxygen atoms in total. The largest absolute Gasteiger partial charge is 0.322 e. The molecule has 1 N–H and O–H groups in total. The zero-order valence-electron chi connectivity index (χ0n) is 11.7. The maximum absolute atomic E-state index is 13.5. The molecular formula is C16H13F4NO. The summed E-state index contributed by atoms with van der Waals surface area (Å²) in [6.45, 7) is 2.02. The van der Waals surface area contributed by atoms with E-state index in [2.05, 4.69) is 5.32 Å². The third kappa shape index (κ3) is 3.27. The van der Waals surface area contributed by atoms with E-state index in [1.165, 1.54) is 0 Å². The molecule has 22 heavy (non-hydrogen) atoms.